The molecule has 5 nitrogen and oxygen atoms in total. The van der Waals surface area contributed by atoms with Gasteiger partial charge in [-0.25, -0.2) is 0 Å². The van der Waals surface area contributed by atoms with Crippen molar-refractivity contribution in [3.05, 3.63) is 34.9 Å². The Bertz CT molecular complexity index is 644. The minimum absolute atomic E-state index is 0. The molecule has 2 unspecified atom stereocenters. The third kappa shape index (κ3) is 4.57. The van der Waals surface area contributed by atoms with Gasteiger partial charge in [0.2, 0.25) is 5.91 Å². The van der Waals surface area contributed by atoms with Crippen LogP contribution in [-0.2, 0) is 4.79 Å². The maximum absolute atomic E-state index is 12.9. The molecule has 2 saturated heterocycles. The fourth-order valence-electron chi connectivity index (χ4n) is 4.13. The van der Waals surface area contributed by atoms with Gasteiger partial charge in [0.1, 0.15) is 0 Å². The van der Waals surface area contributed by atoms with E-state index in [0.29, 0.717) is 19.0 Å². The zero-order valence-electron chi connectivity index (χ0n) is 15.7. The van der Waals surface area contributed by atoms with E-state index in [9.17, 15) is 9.59 Å². The molecule has 2 atom stereocenters. The molecule has 1 aromatic carbocycles. The molecule has 0 saturated carbocycles. The Labute approximate surface area is 162 Å². The average Bonchev–Trinajstić information content (AvgIpc) is 3.09. The molecule has 2 heterocycles. The van der Waals surface area contributed by atoms with E-state index in [1.54, 1.807) is 0 Å². The van der Waals surface area contributed by atoms with Gasteiger partial charge in [-0.15, -0.1) is 12.4 Å². The Hall–Kier alpha value is -1.59. The number of hydrogen-bond acceptors (Lipinski definition) is 3. The second-order valence-electron chi connectivity index (χ2n) is 7.64. The predicted octanol–water partition coefficient (Wildman–Crippen LogP) is 2.38. The number of carbonyl (C=O) groups is 2. The molecule has 3 rings (SSSR count). The molecular formula is C20H30ClN3O2. The van der Waals surface area contributed by atoms with E-state index >= 15 is 0 Å². The molecule has 0 aliphatic carbocycles. The molecular weight excluding hydrogens is 350 g/mol. The first-order valence-corrected chi connectivity index (χ1v) is 9.34. The molecule has 2 fully saturated rings. The number of piperidine rings is 1. The predicted molar refractivity (Wildman–Crippen MR) is 106 cm³/mol. The van der Waals surface area contributed by atoms with Gasteiger partial charge in [-0.3, -0.25) is 9.59 Å². The van der Waals surface area contributed by atoms with Gasteiger partial charge in [-0.05, 0) is 57.7 Å². The molecule has 2 N–H and O–H groups in total. The molecule has 0 radical (unpaired) electrons. The Morgan fingerprint density at radius 2 is 1.73 bits per heavy atom. The minimum Gasteiger partial charge on any atom is -0.342 e. The summed E-state index contributed by atoms with van der Waals surface area (Å²) in [7, 11) is 0. The van der Waals surface area contributed by atoms with E-state index in [2.05, 4.69) is 6.07 Å². The van der Waals surface area contributed by atoms with Crippen LogP contribution >= 0.6 is 12.4 Å². The lowest BCUT2D eigenvalue weighted by atomic mass is 9.95. The quantitative estimate of drug-likeness (QED) is 0.876. The molecule has 2 amide bonds. The summed E-state index contributed by atoms with van der Waals surface area (Å²) in [5.41, 5.74) is 8.66. The Morgan fingerprint density at radius 3 is 2.35 bits per heavy atom. The van der Waals surface area contributed by atoms with Crippen molar-refractivity contribution < 1.29 is 9.59 Å². The number of hydrogen-bond donors (Lipinski definition) is 1. The SMILES string of the molecule is Cc1cc(C)cc(C(=O)N2CCCC(C(=O)N3CCC(CN)C3)C2)c1.Cl. The number of aryl methyl sites for hydroxylation is 2. The highest BCUT2D eigenvalue weighted by atomic mass is 35.5. The van der Waals surface area contributed by atoms with Gasteiger partial charge in [0.25, 0.3) is 5.91 Å². The van der Waals surface area contributed by atoms with E-state index in [0.717, 1.165) is 55.6 Å². The fourth-order valence-corrected chi connectivity index (χ4v) is 4.13. The summed E-state index contributed by atoms with van der Waals surface area (Å²) in [6.45, 7) is 7.52. The maximum Gasteiger partial charge on any atom is 0.253 e. The Balaban J connectivity index is 0.00000243. The van der Waals surface area contributed by atoms with Crippen LogP contribution in [0.3, 0.4) is 0 Å². The summed E-state index contributed by atoms with van der Waals surface area (Å²) in [5.74, 6) is 0.611. The minimum atomic E-state index is -0.0693. The first kappa shape index (κ1) is 20.7. The summed E-state index contributed by atoms with van der Waals surface area (Å²) in [6, 6.07) is 5.95. The standard InChI is InChI=1S/C20H29N3O2.ClH/c1-14-8-15(2)10-18(9-14)20(25)22-6-3-4-17(13-22)19(24)23-7-5-16(11-21)12-23;/h8-10,16-17H,3-7,11-13,21H2,1-2H3;1H. The zero-order valence-corrected chi connectivity index (χ0v) is 16.6. The number of likely N-dealkylation sites (tertiary alicyclic amines) is 2. The Morgan fingerprint density at radius 1 is 1.04 bits per heavy atom. The second-order valence-corrected chi connectivity index (χ2v) is 7.64. The molecule has 144 valence electrons. The second kappa shape index (κ2) is 8.87. The molecule has 0 bridgehead atoms. The van der Waals surface area contributed by atoms with Crippen LogP contribution in [0.25, 0.3) is 0 Å². The number of nitrogens with zero attached hydrogens (tertiary/aromatic N) is 2. The summed E-state index contributed by atoms with van der Waals surface area (Å²) in [5, 5.41) is 0. The van der Waals surface area contributed by atoms with Crippen molar-refractivity contribution in [3.8, 4) is 0 Å². The third-order valence-corrected chi connectivity index (χ3v) is 5.46. The summed E-state index contributed by atoms with van der Waals surface area (Å²) < 4.78 is 0. The first-order chi connectivity index (χ1) is 12.0. The Kier molecular flexibility index (Phi) is 7.07. The van der Waals surface area contributed by atoms with Crippen LogP contribution in [0.5, 0.6) is 0 Å². The fraction of sp³-hybridized carbons (Fsp3) is 0.600. The monoisotopic (exact) mass is 379 g/mol. The molecule has 0 spiro atoms. The van der Waals surface area contributed by atoms with Crippen molar-refractivity contribution in [1.82, 2.24) is 9.80 Å². The average molecular weight is 380 g/mol. The highest BCUT2D eigenvalue weighted by molar-refractivity contribution is 5.95. The number of nitrogens with two attached hydrogens (primary N) is 1. The summed E-state index contributed by atoms with van der Waals surface area (Å²) in [4.78, 5) is 29.5. The van der Waals surface area contributed by atoms with Crippen LogP contribution in [0.2, 0.25) is 0 Å². The highest BCUT2D eigenvalue weighted by Gasteiger charge is 2.34. The lowest BCUT2D eigenvalue weighted by Gasteiger charge is -2.34. The van der Waals surface area contributed by atoms with Crippen LogP contribution in [0.1, 0.15) is 40.7 Å². The van der Waals surface area contributed by atoms with Gasteiger partial charge in [-0.2, -0.15) is 0 Å². The van der Waals surface area contributed by atoms with Crippen molar-refractivity contribution in [2.45, 2.75) is 33.1 Å². The van der Waals surface area contributed by atoms with E-state index in [1.807, 2.05) is 35.8 Å². The van der Waals surface area contributed by atoms with E-state index in [4.69, 9.17) is 5.73 Å². The first-order valence-electron chi connectivity index (χ1n) is 9.34. The third-order valence-electron chi connectivity index (χ3n) is 5.46. The highest BCUT2D eigenvalue weighted by Crippen LogP contribution is 2.24. The van der Waals surface area contributed by atoms with Crippen LogP contribution in [0.15, 0.2) is 18.2 Å². The lowest BCUT2D eigenvalue weighted by molar-refractivity contribution is -0.136. The summed E-state index contributed by atoms with van der Waals surface area (Å²) >= 11 is 0. The number of carbonyl (C=O) groups excluding carboxylic acids is 2. The van der Waals surface area contributed by atoms with Crippen molar-refractivity contribution in [2.75, 3.05) is 32.7 Å². The van der Waals surface area contributed by atoms with Crippen LogP contribution < -0.4 is 5.73 Å². The lowest BCUT2D eigenvalue weighted by Crippen LogP contribution is -2.46. The largest absolute Gasteiger partial charge is 0.342 e. The molecule has 6 heteroatoms. The zero-order chi connectivity index (χ0) is 18.0. The van der Waals surface area contributed by atoms with E-state index in [-0.39, 0.29) is 30.1 Å². The van der Waals surface area contributed by atoms with Gasteiger partial charge < -0.3 is 15.5 Å². The number of amides is 2. The molecule has 26 heavy (non-hydrogen) atoms. The van der Waals surface area contributed by atoms with Crippen LogP contribution in [0, 0.1) is 25.7 Å². The number of rotatable bonds is 3. The van der Waals surface area contributed by atoms with Crippen molar-refractivity contribution in [2.24, 2.45) is 17.6 Å². The number of benzene rings is 1. The van der Waals surface area contributed by atoms with Gasteiger partial charge >= 0.3 is 0 Å². The molecule has 2 aliphatic heterocycles. The smallest absolute Gasteiger partial charge is 0.253 e. The van der Waals surface area contributed by atoms with Crippen LogP contribution in [0.4, 0.5) is 0 Å². The van der Waals surface area contributed by atoms with E-state index in [1.165, 1.54) is 0 Å². The van der Waals surface area contributed by atoms with Crippen molar-refractivity contribution >= 4 is 24.2 Å². The van der Waals surface area contributed by atoms with Crippen molar-refractivity contribution in [1.29, 1.82) is 0 Å². The molecule has 2 aliphatic rings. The van der Waals surface area contributed by atoms with Gasteiger partial charge in [0.05, 0.1) is 5.92 Å². The van der Waals surface area contributed by atoms with Crippen molar-refractivity contribution in [3.63, 3.8) is 0 Å². The molecule has 0 aromatic heterocycles. The van der Waals surface area contributed by atoms with E-state index < -0.39 is 0 Å². The van der Waals surface area contributed by atoms with Gasteiger partial charge in [-0.1, -0.05) is 17.2 Å². The number of halogens is 1. The summed E-state index contributed by atoms with van der Waals surface area (Å²) in [6.07, 6.45) is 2.76. The maximum atomic E-state index is 12.9. The van der Waals surface area contributed by atoms with Gasteiger partial charge in [0, 0.05) is 31.7 Å². The molecule has 1 aromatic rings. The topological polar surface area (TPSA) is 66.6 Å². The normalized spacial score (nSPS) is 22.9. The van der Waals surface area contributed by atoms with Gasteiger partial charge in [0.15, 0.2) is 0 Å². The van der Waals surface area contributed by atoms with Crippen LogP contribution in [-0.4, -0.2) is 54.3 Å².